The van der Waals surface area contributed by atoms with Crippen molar-refractivity contribution in [2.45, 2.75) is 6.42 Å². The Bertz CT molecular complexity index is 636. The average Bonchev–Trinajstić information content (AvgIpc) is 2.38. The van der Waals surface area contributed by atoms with Crippen molar-refractivity contribution in [3.8, 4) is 17.7 Å². The minimum atomic E-state index is -0.937. The molecule has 0 aliphatic heterocycles. The summed E-state index contributed by atoms with van der Waals surface area (Å²) in [5.74, 6) is -2.38. The van der Waals surface area contributed by atoms with Crippen molar-refractivity contribution in [2.24, 2.45) is 0 Å². The number of anilines is 1. The van der Waals surface area contributed by atoms with Gasteiger partial charge in [0, 0.05) is 6.07 Å². The lowest BCUT2D eigenvalue weighted by molar-refractivity contribution is 0.418. The van der Waals surface area contributed by atoms with Gasteiger partial charge in [-0.3, -0.25) is 0 Å². The molecule has 0 unspecified atom stereocenters. The van der Waals surface area contributed by atoms with Gasteiger partial charge in [-0.25, -0.2) is 8.78 Å². The molecular weight excluding hydrogens is 252 g/mol. The molecule has 0 radical (unpaired) electrons. The summed E-state index contributed by atoms with van der Waals surface area (Å²) in [5.41, 5.74) is 6.05. The molecule has 19 heavy (non-hydrogen) atoms. The van der Waals surface area contributed by atoms with E-state index in [4.69, 9.17) is 15.7 Å². The number of nitrogens with two attached hydrogens (primary N) is 1. The van der Waals surface area contributed by atoms with E-state index in [2.05, 4.69) is 4.98 Å². The normalized spacial score (nSPS) is 9.95. The highest BCUT2D eigenvalue weighted by Crippen LogP contribution is 2.25. The minimum Gasteiger partial charge on any atom is -0.436 e. The number of ether oxygens (including phenoxy) is 1. The van der Waals surface area contributed by atoms with Crippen LogP contribution in [0.2, 0.25) is 0 Å². The molecule has 0 spiro atoms. The van der Waals surface area contributed by atoms with Gasteiger partial charge < -0.3 is 10.5 Å². The van der Waals surface area contributed by atoms with Crippen LogP contribution in [0.4, 0.5) is 14.6 Å². The van der Waals surface area contributed by atoms with Crippen LogP contribution in [0.15, 0.2) is 30.3 Å². The van der Waals surface area contributed by atoms with Gasteiger partial charge in [0.1, 0.15) is 5.75 Å². The minimum absolute atomic E-state index is 0.274. The number of aromatic nitrogens is 1. The van der Waals surface area contributed by atoms with Crippen molar-refractivity contribution in [1.29, 1.82) is 5.26 Å². The first kappa shape index (κ1) is 12.8. The Hall–Kier alpha value is -2.68. The van der Waals surface area contributed by atoms with Crippen LogP contribution in [0.5, 0.6) is 11.6 Å². The van der Waals surface area contributed by atoms with E-state index in [1.54, 1.807) is 24.3 Å². The molecule has 6 heteroatoms. The molecule has 4 nitrogen and oxygen atoms in total. The third kappa shape index (κ3) is 2.96. The zero-order valence-electron chi connectivity index (χ0n) is 9.73. The molecule has 1 heterocycles. The Morgan fingerprint density at radius 3 is 2.53 bits per heavy atom. The highest BCUT2D eigenvalue weighted by molar-refractivity contribution is 5.37. The number of nitriles is 1. The van der Waals surface area contributed by atoms with Crippen molar-refractivity contribution in [2.75, 3.05) is 5.73 Å². The molecule has 2 aromatic rings. The van der Waals surface area contributed by atoms with Crippen LogP contribution in [-0.2, 0) is 6.42 Å². The largest absolute Gasteiger partial charge is 0.436 e. The quantitative estimate of drug-likeness (QED) is 0.922. The van der Waals surface area contributed by atoms with Gasteiger partial charge in [-0.1, -0.05) is 12.1 Å². The number of nitrogen functional groups attached to an aromatic ring is 1. The van der Waals surface area contributed by atoms with E-state index in [1.807, 2.05) is 6.07 Å². The lowest BCUT2D eigenvalue weighted by Crippen LogP contribution is -2.00. The van der Waals surface area contributed by atoms with E-state index < -0.39 is 23.3 Å². The number of rotatable bonds is 3. The molecule has 0 atom stereocenters. The summed E-state index contributed by atoms with van der Waals surface area (Å²) in [6.45, 7) is 0. The second-order valence-electron chi connectivity index (χ2n) is 3.72. The molecule has 2 rings (SSSR count). The van der Waals surface area contributed by atoms with Crippen molar-refractivity contribution in [3.05, 3.63) is 47.5 Å². The number of nitrogens with zero attached hydrogens (tertiary/aromatic N) is 2. The van der Waals surface area contributed by atoms with Crippen molar-refractivity contribution in [1.82, 2.24) is 4.98 Å². The second kappa shape index (κ2) is 5.31. The van der Waals surface area contributed by atoms with Crippen LogP contribution >= 0.6 is 0 Å². The fourth-order valence-corrected chi connectivity index (χ4v) is 1.41. The predicted molar refractivity (Wildman–Crippen MR) is 64.4 cm³/mol. The molecule has 0 aliphatic rings. The van der Waals surface area contributed by atoms with Gasteiger partial charge in [0.25, 0.3) is 5.88 Å². The van der Waals surface area contributed by atoms with E-state index in [9.17, 15) is 8.78 Å². The smallest absolute Gasteiger partial charge is 0.258 e. The topological polar surface area (TPSA) is 71.9 Å². The number of benzene rings is 1. The second-order valence-corrected chi connectivity index (χ2v) is 3.72. The van der Waals surface area contributed by atoms with Gasteiger partial charge >= 0.3 is 0 Å². The fraction of sp³-hybridized carbons (Fsp3) is 0.0769. The fourth-order valence-electron chi connectivity index (χ4n) is 1.41. The third-order valence-electron chi connectivity index (χ3n) is 2.35. The van der Waals surface area contributed by atoms with Gasteiger partial charge in [-0.2, -0.15) is 10.2 Å². The predicted octanol–water partition coefficient (Wildman–Crippen LogP) is 2.80. The molecule has 96 valence electrons. The van der Waals surface area contributed by atoms with Gasteiger partial charge in [0.15, 0.2) is 17.5 Å². The van der Waals surface area contributed by atoms with Crippen LogP contribution in [0, 0.1) is 23.0 Å². The molecule has 1 aromatic carbocycles. The Balaban J connectivity index is 2.22. The maximum absolute atomic E-state index is 13.4. The number of hydrogen-bond acceptors (Lipinski definition) is 4. The summed E-state index contributed by atoms with van der Waals surface area (Å²) in [4.78, 5) is 3.48. The monoisotopic (exact) mass is 261 g/mol. The first-order valence-corrected chi connectivity index (χ1v) is 5.35. The van der Waals surface area contributed by atoms with Gasteiger partial charge in [0.2, 0.25) is 0 Å². The van der Waals surface area contributed by atoms with Crippen LogP contribution < -0.4 is 10.5 Å². The molecule has 0 amide bonds. The van der Waals surface area contributed by atoms with Crippen molar-refractivity contribution >= 4 is 5.82 Å². The first-order valence-electron chi connectivity index (χ1n) is 5.35. The molecule has 2 N–H and O–H groups in total. The van der Waals surface area contributed by atoms with Crippen LogP contribution in [0.3, 0.4) is 0 Å². The van der Waals surface area contributed by atoms with Crippen LogP contribution in [0.1, 0.15) is 5.56 Å². The zero-order chi connectivity index (χ0) is 13.8. The summed E-state index contributed by atoms with van der Waals surface area (Å²) in [7, 11) is 0. The third-order valence-corrected chi connectivity index (χ3v) is 2.35. The molecule has 0 saturated carbocycles. The van der Waals surface area contributed by atoms with Gasteiger partial charge in [-0.15, -0.1) is 0 Å². The summed E-state index contributed by atoms with van der Waals surface area (Å²) in [6.07, 6.45) is 0.274. The summed E-state index contributed by atoms with van der Waals surface area (Å²) < 4.78 is 31.5. The van der Waals surface area contributed by atoms with E-state index in [-0.39, 0.29) is 6.42 Å². The highest BCUT2D eigenvalue weighted by Gasteiger charge is 2.11. The summed E-state index contributed by atoms with van der Waals surface area (Å²) >= 11 is 0. The number of halogens is 2. The number of hydrogen-bond donors (Lipinski definition) is 1. The van der Waals surface area contributed by atoms with E-state index in [1.165, 1.54) is 0 Å². The summed E-state index contributed by atoms with van der Waals surface area (Å²) in [6, 6.07) is 9.08. The highest BCUT2D eigenvalue weighted by atomic mass is 19.1. The first-order chi connectivity index (χ1) is 9.10. The maximum Gasteiger partial charge on any atom is 0.258 e. The molecule has 0 fully saturated rings. The standard InChI is InChI=1S/C13H9F2N3O/c14-10-7-11(15)13(18-12(10)17)19-9-3-1-8(2-4-9)5-6-16/h1-4,7H,5H2,(H2,17,18). The lowest BCUT2D eigenvalue weighted by atomic mass is 10.2. The maximum atomic E-state index is 13.4. The Kier molecular flexibility index (Phi) is 3.57. The lowest BCUT2D eigenvalue weighted by Gasteiger charge is -2.07. The van der Waals surface area contributed by atoms with Crippen LogP contribution in [0.25, 0.3) is 0 Å². The Morgan fingerprint density at radius 2 is 1.89 bits per heavy atom. The molecule has 0 bridgehead atoms. The molecule has 1 aromatic heterocycles. The molecule has 0 saturated heterocycles. The zero-order valence-corrected chi connectivity index (χ0v) is 9.73. The Morgan fingerprint density at radius 1 is 1.21 bits per heavy atom. The van der Waals surface area contributed by atoms with Gasteiger partial charge in [-0.05, 0) is 17.7 Å². The summed E-state index contributed by atoms with van der Waals surface area (Å²) in [5, 5.41) is 8.53. The molecule has 0 aliphatic carbocycles. The van der Waals surface area contributed by atoms with Crippen LogP contribution in [-0.4, -0.2) is 4.98 Å². The van der Waals surface area contributed by atoms with Gasteiger partial charge in [0.05, 0.1) is 12.5 Å². The Labute approximate surface area is 108 Å². The van der Waals surface area contributed by atoms with E-state index in [0.29, 0.717) is 11.8 Å². The molecular formula is C13H9F2N3O. The average molecular weight is 261 g/mol. The van der Waals surface area contributed by atoms with Crippen molar-refractivity contribution in [3.63, 3.8) is 0 Å². The van der Waals surface area contributed by atoms with E-state index >= 15 is 0 Å². The number of pyridine rings is 1. The SMILES string of the molecule is N#CCc1ccc(Oc2nc(N)c(F)cc2F)cc1. The van der Waals surface area contributed by atoms with Crippen molar-refractivity contribution < 1.29 is 13.5 Å². The van der Waals surface area contributed by atoms with E-state index in [0.717, 1.165) is 5.56 Å².